The standard InChI is InChI=1S/C16H21FN2O/c17-14-7-2-1-6-13(14)16(8-9-16)19-15(20)11-4-3-5-12(18)10-11/h1-2,6-7,11-12H,3-5,8-10,18H2,(H,19,20). The van der Waals surface area contributed by atoms with Gasteiger partial charge in [-0.05, 0) is 38.2 Å². The lowest BCUT2D eigenvalue weighted by Crippen LogP contribution is -2.42. The smallest absolute Gasteiger partial charge is 0.223 e. The number of carbonyl (C=O) groups is 1. The number of rotatable bonds is 3. The van der Waals surface area contributed by atoms with E-state index in [-0.39, 0.29) is 23.7 Å². The molecule has 2 fully saturated rings. The van der Waals surface area contributed by atoms with Gasteiger partial charge in [-0.15, -0.1) is 0 Å². The first kappa shape index (κ1) is 13.6. The van der Waals surface area contributed by atoms with E-state index in [1.54, 1.807) is 12.1 Å². The van der Waals surface area contributed by atoms with Crippen LogP contribution in [0, 0.1) is 11.7 Å². The lowest BCUT2D eigenvalue weighted by molar-refractivity contribution is -0.127. The van der Waals surface area contributed by atoms with E-state index in [0.29, 0.717) is 5.56 Å². The fourth-order valence-electron chi connectivity index (χ4n) is 3.24. The highest BCUT2D eigenvalue weighted by Crippen LogP contribution is 2.46. The lowest BCUT2D eigenvalue weighted by Gasteiger charge is -2.28. The molecule has 2 aliphatic carbocycles. The first-order valence-electron chi connectivity index (χ1n) is 7.43. The zero-order valence-electron chi connectivity index (χ0n) is 11.6. The van der Waals surface area contributed by atoms with Crippen molar-refractivity contribution in [2.45, 2.75) is 50.1 Å². The van der Waals surface area contributed by atoms with E-state index in [1.807, 2.05) is 6.07 Å². The van der Waals surface area contributed by atoms with Crippen LogP contribution in [0.1, 0.15) is 44.1 Å². The summed E-state index contributed by atoms with van der Waals surface area (Å²) in [5.74, 6) is -0.199. The molecule has 1 aromatic rings. The largest absolute Gasteiger partial charge is 0.346 e. The van der Waals surface area contributed by atoms with Crippen molar-refractivity contribution in [3.63, 3.8) is 0 Å². The third kappa shape index (κ3) is 2.57. The number of benzene rings is 1. The van der Waals surface area contributed by atoms with Gasteiger partial charge in [0.25, 0.3) is 0 Å². The third-order valence-corrected chi connectivity index (χ3v) is 4.59. The molecule has 20 heavy (non-hydrogen) atoms. The Kier molecular flexibility index (Phi) is 3.50. The molecule has 2 saturated carbocycles. The second kappa shape index (κ2) is 5.17. The van der Waals surface area contributed by atoms with Crippen LogP contribution in [0.5, 0.6) is 0 Å². The van der Waals surface area contributed by atoms with Gasteiger partial charge in [0.05, 0.1) is 5.54 Å². The molecule has 0 bridgehead atoms. The highest BCUT2D eigenvalue weighted by molar-refractivity contribution is 5.80. The van der Waals surface area contributed by atoms with Crippen molar-refractivity contribution in [3.8, 4) is 0 Å². The predicted molar refractivity (Wildman–Crippen MR) is 75.4 cm³/mol. The predicted octanol–water partition coefficient (Wildman–Crippen LogP) is 2.45. The molecule has 1 aromatic carbocycles. The molecule has 0 spiro atoms. The van der Waals surface area contributed by atoms with Crippen LogP contribution >= 0.6 is 0 Å². The Labute approximate surface area is 118 Å². The van der Waals surface area contributed by atoms with Crippen LogP contribution in [0.15, 0.2) is 24.3 Å². The number of hydrogen-bond acceptors (Lipinski definition) is 2. The Balaban J connectivity index is 1.71. The van der Waals surface area contributed by atoms with Crippen LogP contribution in [0.3, 0.4) is 0 Å². The van der Waals surface area contributed by atoms with E-state index >= 15 is 0 Å². The summed E-state index contributed by atoms with van der Waals surface area (Å²) in [7, 11) is 0. The van der Waals surface area contributed by atoms with Gasteiger partial charge in [0.15, 0.2) is 0 Å². The van der Waals surface area contributed by atoms with E-state index in [2.05, 4.69) is 5.32 Å². The first-order valence-corrected chi connectivity index (χ1v) is 7.43. The fraction of sp³-hybridized carbons (Fsp3) is 0.562. The minimum absolute atomic E-state index is 0.0111. The molecule has 1 amide bonds. The highest BCUT2D eigenvalue weighted by atomic mass is 19.1. The summed E-state index contributed by atoms with van der Waals surface area (Å²) >= 11 is 0. The van der Waals surface area contributed by atoms with Gasteiger partial charge in [-0.3, -0.25) is 4.79 Å². The van der Waals surface area contributed by atoms with Crippen LogP contribution in [-0.4, -0.2) is 11.9 Å². The SMILES string of the molecule is NC1CCCC(C(=O)NC2(c3ccccc3F)CC2)C1. The van der Waals surface area contributed by atoms with Crippen LogP contribution in [0.4, 0.5) is 4.39 Å². The van der Waals surface area contributed by atoms with Gasteiger partial charge in [0.1, 0.15) is 5.82 Å². The van der Waals surface area contributed by atoms with Crippen molar-refractivity contribution in [2.24, 2.45) is 11.7 Å². The van der Waals surface area contributed by atoms with Crippen molar-refractivity contribution in [1.82, 2.24) is 5.32 Å². The molecule has 2 unspecified atom stereocenters. The van der Waals surface area contributed by atoms with E-state index in [9.17, 15) is 9.18 Å². The zero-order valence-corrected chi connectivity index (χ0v) is 11.6. The average molecular weight is 276 g/mol. The lowest BCUT2D eigenvalue weighted by atomic mass is 9.85. The topological polar surface area (TPSA) is 55.1 Å². The molecular formula is C16H21FN2O. The number of hydrogen-bond donors (Lipinski definition) is 2. The Morgan fingerprint density at radius 3 is 2.70 bits per heavy atom. The maximum atomic E-state index is 13.9. The molecule has 3 rings (SSSR count). The summed E-state index contributed by atoms with van der Waals surface area (Å²) < 4.78 is 13.9. The number of amides is 1. The van der Waals surface area contributed by atoms with Gasteiger partial charge in [0.2, 0.25) is 5.91 Å². The molecule has 108 valence electrons. The Hall–Kier alpha value is -1.42. The summed E-state index contributed by atoms with van der Waals surface area (Å²) in [5, 5.41) is 3.08. The first-order chi connectivity index (χ1) is 9.61. The molecule has 0 heterocycles. The van der Waals surface area contributed by atoms with Crippen molar-refractivity contribution >= 4 is 5.91 Å². The molecule has 2 atom stereocenters. The molecule has 0 saturated heterocycles. The van der Waals surface area contributed by atoms with Gasteiger partial charge in [0, 0.05) is 17.5 Å². The third-order valence-electron chi connectivity index (χ3n) is 4.59. The molecule has 3 nitrogen and oxygen atoms in total. The van der Waals surface area contributed by atoms with Crippen LogP contribution in [0.25, 0.3) is 0 Å². The highest BCUT2D eigenvalue weighted by Gasteiger charge is 2.48. The maximum absolute atomic E-state index is 13.9. The molecule has 3 N–H and O–H groups in total. The van der Waals surface area contributed by atoms with Crippen LogP contribution < -0.4 is 11.1 Å². The van der Waals surface area contributed by atoms with Gasteiger partial charge in [-0.1, -0.05) is 24.6 Å². The summed E-state index contributed by atoms with van der Waals surface area (Å²) in [5.41, 5.74) is 6.09. The number of nitrogens with two attached hydrogens (primary N) is 1. The summed E-state index contributed by atoms with van der Waals surface area (Å²) in [6, 6.07) is 6.86. The molecule has 0 radical (unpaired) electrons. The summed E-state index contributed by atoms with van der Waals surface area (Å²) in [4.78, 5) is 12.4. The van der Waals surface area contributed by atoms with Crippen LogP contribution in [-0.2, 0) is 10.3 Å². The van der Waals surface area contributed by atoms with Gasteiger partial charge >= 0.3 is 0 Å². The van der Waals surface area contributed by atoms with Crippen molar-refractivity contribution < 1.29 is 9.18 Å². The summed E-state index contributed by atoms with van der Waals surface area (Å²) in [6.07, 6.45) is 5.29. The molecule has 4 heteroatoms. The molecular weight excluding hydrogens is 255 g/mol. The second-order valence-corrected chi connectivity index (χ2v) is 6.17. The van der Waals surface area contributed by atoms with E-state index < -0.39 is 5.54 Å². The van der Waals surface area contributed by atoms with Crippen LogP contribution in [0.2, 0.25) is 0 Å². The number of carbonyl (C=O) groups excluding carboxylic acids is 1. The second-order valence-electron chi connectivity index (χ2n) is 6.17. The van der Waals surface area contributed by atoms with Gasteiger partial charge in [-0.2, -0.15) is 0 Å². The normalized spacial score (nSPS) is 27.9. The van der Waals surface area contributed by atoms with Gasteiger partial charge in [-0.25, -0.2) is 4.39 Å². The van der Waals surface area contributed by atoms with Crippen molar-refractivity contribution in [2.75, 3.05) is 0 Å². The van der Waals surface area contributed by atoms with Crippen molar-refractivity contribution in [1.29, 1.82) is 0 Å². The minimum atomic E-state index is -0.468. The van der Waals surface area contributed by atoms with E-state index in [0.717, 1.165) is 38.5 Å². The summed E-state index contributed by atoms with van der Waals surface area (Å²) in [6.45, 7) is 0. The van der Waals surface area contributed by atoms with Crippen molar-refractivity contribution in [3.05, 3.63) is 35.6 Å². The zero-order chi connectivity index (χ0) is 14.2. The quantitative estimate of drug-likeness (QED) is 0.891. The minimum Gasteiger partial charge on any atom is -0.346 e. The van der Waals surface area contributed by atoms with E-state index in [1.165, 1.54) is 6.07 Å². The average Bonchev–Trinajstić information content (AvgIpc) is 3.20. The number of nitrogens with one attached hydrogen (secondary N) is 1. The molecule has 0 aliphatic heterocycles. The molecule has 2 aliphatic rings. The van der Waals surface area contributed by atoms with E-state index in [4.69, 9.17) is 5.73 Å². The van der Waals surface area contributed by atoms with Gasteiger partial charge < -0.3 is 11.1 Å². The monoisotopic (exact) mass is 276 g/mol. The fourth-order valence-corrected chi connectivity index (χ4v) is 3.24. The Bertz CT molecular complexity index is 513. The maximum Gasteiger partial charge on any atom is 0.223 e. The number of halogens is 1. The Morgan fingerprint density at radius 1 is 1.30 bits per heavy atom. The molecule has 0 aromatic heterocycles. The Morgan fingerprint density at radius 2 is 2.05 bits per heavy atom.